The molecule has 1 aromatic heterocycles. The molecule has 2 saturated heterocycles. The number of hydrogen-bond acceptors (Lipinski definition) is 10. The van der Waals surface area contributed by atoms with E-state index in [9.17, 15) is 15.0 Å². The fourth-order valence-corrected chi connectivity index (χ4v) is 6.66. The van der Waals surface area contributed by atoms with E-state index in [0.717, 1.165) is 34.9 Å². The lowest BCUT2D eigenvalue weighted by Gasteiger charge is -2.44. The predicted molar refractivity (Wildman–Crippen MR) is 167 cm³/mol. The van der Waals surface area contributed by atoms with Crippen LogP contribution >= 0.6 is 0 Å². The van der Waals surface area contributed by atoms with Crippen LogP contribution in [0.3, 0.4) is 0 Å². The number of nitrogens with zero attached hydrogens (tertiary/aromatic N) is 5. The molecule has 3 aromatic rings. The fraction of sp³-hybridized carbons (Fsp3) is 0.576. The molecule has 0 spiro atoms. The number of aliphatic hydroxyl groups excluding tert-OH is 2. The molecule has 2 aromatic carbocycles. The van der Waals surface area contributed by atoms with E-state index in [4.69, 9.17) is 19.0 Å². The summed E-state index contributed by atoms with van der Waals surface area (Å²) in [6.07, 6.45) is 0.962. The van der Waals surface area contributed by atoms with E-state index in [1.807, 2.05) is 45.0 Å². The van der Waals surface area contributed by atoms with Gasteiger partial charge in [0, 0.05) is 44.5 Å². The molecule has 0 bridgehead atoms. The minimum Gasteiger partial charge on any atom is -0.444 e. The molecule has 1 unspecified atom stereocenters. The lowest BCUT2D eigenvalue weighted by Crippen LogP contribution is -2.57. The molecule has 0 radical (unpaired) electrons. The Kier molecular flexibility index (Phi) is 9.10. The maximum absolute atomic E-state index is 12.5. The Hall–Kier alpha value is -3.58. The molecule has 3 aliphatic heterocycles. The number of piperidine rings is 1. The Morgan fingerprint density at radius 1 is 1.09 bits per heavy atom. The van der Waals surface area contributed by atoms with Gasteiger partial charge in [-0.3, -0.25) is 0 Å². The molecule has 0 aliphatic carbocycles. The maximum Gasteiger partial charge on any atom is 0.410 e. The molecule has 242 valence electrons. The largest absolute Gasteiger partial charge is 0.444 e. The molecule has 2 fully saturated rings. The predicted octanol–water partition coefficient (Wildman–Crippen LogP) is 3.96. The number of benzene rings is 2. The van der Waals surface area contributed by atoms with E-state index in [-0.39, 0.29) is 24.7 Å². The highest BCUT2D eigenvalue weighted by atomic mass is 16.6. The fourth-order valence-electron chi connectivity index (χ4n) is 6.66. The van der Waals surface area contributed by atoms with Crippen LogP contribution in [0.1, 0.15) is 52.5 Å². The SMILES string of the molecule is CO[C@@H]1[C@@H](n2cc(-c3ccc4ccccc4c3)nn2)[C@@H](O)[C@@H](CO)O[C@@H]1CC1CC(C2CCN(C(=O)OC(C)(C)C)CC2)=NO1. The normalized spacial score (nSPS) is 27.8. The van der Waals surface area contributed by atoms with Crippen molar-refractivity contribution in [2.45, 2.75) is 88.6 Å². The van der Waals surface area contributed by atoms with Crippen molar-refractivity contribution < 1.29 is 34.1 Å². The molecule has 4 heterocycles. The van der Waals surface area contributed by atoms with E-state index in [1.54, 1.807) is 22.9 Å². The van der Waals surface area contributed by atoms with Gasteiger partial charge in [0.1, 0.15) is 41.8 Å². The lowest BCUT2D eigenvalue weighted by molar-refractivity contribution is -0.219. The van der Waals surface area contributed by atoms with Crippen LogP contribution in [0.2, 0.25) is 0 Å². The summed E-state index contributed by atoms with van der Waals surface area (Å²) in [7, 11) is 1.58. The number of fused-ring (bicyclic) bond motifs is 1. The second kappa shape index (κ2) is 13.0. The standard InChI is InChI=1S/C33H43N5O7/c1-33(2,3)44-32(41)37-13-11-21(12-14-37)25-16-24(45-35-25)17-27-31(42-4)29(30(40)28(19-39)43-27)38-18-26(34-36-38)23-10-9-20-7-5-6-8-22(20)15-23/h5-10,15,18,21,24,27-31,39-40H,11-14,16-17,19H2,1-4H3/t24?,27-,28-,29+,30+,31+/m1/s1. The number of aromatic nitrogens is 3. The number of rotatable bonds is 7. The number of aliphatic hydroxyl groups is 2. The Balaban J connectivity index is 1.11. The van der Waals surface area contributed by atoms with Gasteiger partial charge in [0.25, 0.3) is 0 Å². The van der Waals surface area contributed by atoms with Crippen molar-refractivity contribution in [2.24, 2.45) is 11.1 Å². The summed E-state index contributed by atoms with van der Waals surface area (Å²) in [5, 5.41) is 36.9. The number of methoxy groups -OCH3 is 1. The number of carbonyl (C=O) groups excluding carboxylic acids is 1. The first-order chi connectivity index (χ1) is 21.6. The highest BCUT2D eigenvalue weighted by Crippen LogP contribution is 2.36. The number of oxime groups is 1. The molecule has 45 heavy (non-hydrogen) atoms. The van der Waals surface area contributed by atoms with Gasteiger partial charge in [-0.05, 0) is 50.5 Å². The van der Waals surface area contributed by atoms with Crippen LogP contribution in [0, 0.1) is 5.92 Å². The molecule has 1 amide bonds. The number of likely N-dealkylation sites (tertiary alicyclic amines) is 1. The Morgan fingerprint density at radius 2 is 1.84 bits per heavy atom. The topological polar surface area (TPSA) is 141 Å². The van der Waals surface area contributed by atoms with Crippen molar-refractivity contribution in [2.75, 3.05) is 26.8 Å². The first-order valence-corrected chi connectivity index (χ1v) is 15.7. The molecule has 6 rings (SSSR count). The summed E-state index contributed by atoms with van der Waals surface area (Å²) in [5.74, 6) is 0.225. The average molecular weight is 622 g/mol. The van der Waals surface area contributed by atoms with Crippen molar-refractivity contribution in [1.82, 2.24) is 19.9 Å². The Morgan fingerprint density at radius 3 is 2.56 bits per heavy atom. The van der Waals surface area contributed by atoms with E-state index in [0.29, 0.717) is 31.6 Å². The third-order valence-electron chi connectivity index (χ3n) is 8.97. The Labute approximate surface area is 262 Å². The highest BCUT2D eigenvalue weighted by Gasteiger charge is 2.48. The zero-order valence-electron chi connectivity index (χ0n) is 26.3. The molecule has 3 aliphatic rings. The molecule has 6 atom stereocenters. The second-order valence-corrected chi connectivity index (χ2v) is 13.2. The summed E-state index contributed by atoms with van der Waals surface area (Å²) < 4.78 is 19.3. The summed E-state index contributed by atoms with van der Waals surface area (Å²) in [4.78, 5) is 20.1. The quantitative estimate of drug-likeness (QED) is 0.401. The highest BCUT2D eigenvalue weighted by molar-refractivity contribution is 5.88. The third kappa shape index (κ3) is 6.84. The van der Waals surface area contributed by atoms with Crippen LogP contribution in [0.15, 0.2) is 53.8 Å². The monoisotopic (exact) mass is 621 g/mol. The van der Waals surface area contributed by atoms with Gasteiger partial charge in [-0.15, -0.1) is 5.10 Å². The van der Waals surface area contributed by atoms with Crippen molar-refractivity contribution in [3.8, 4) is 11.3 Å². The van der Waals surface area contributed by atoms with Crippen LogP contribution in [0.4, 0.5) is 4.79 Å². The third-order valence-corrected chi connectivity index (χ3v) is 8.97. The van der Waals surface area contributed by atoms with Gasteiger partial charge in [0.15, 0.2) is 0 Å². The number of ether oxygens (including phenoxy) is 3. The molecule has 12 nitrogen and oxygen atoms in total. The maximum atomic E-state index is 12.5. The van der Waals surface area contributed by atoms with Crippen LogP contribution < -0.4 is 0 Å². The minimum atomic E-state index is -1.08. The average Bonchev–Trinajstić information content (AvgIpc) is 3.71. The van der Waals surface area contributed by atoms with Crippen LogP contribution in [-0.4, -0.2) is 105 Å². The molecule has 2 N–H and O–H groups in total. The van der Waals surface area contributed by atoms with Crippen LogP contribution in [0.5, 0.6) is 0 Å². The summed E-state index contributed by atoms with van der Waals surface area (Å²) in [6, 6.07) is 13.6. The number of hydrogen-bond donors (Lipinski definition) is 2. The van der Waals surface area contributed by atoms with Crippen molar-refractivity contribution in [1.29, 1.82) is 0 Å². The molecular formula is C33H43N5O7. The van der Waals surface area contributed by atoms with Gasteiger partial charge < -0.3 is 34.2 Å². The smallest absolute Gasteiger partial charge is 0.410 e. The van der Waals surface area contributed by atoms with E-state index < -0.39 is 36.1 Å². The van der Waals surface area contributed by atoms with Gasteiger partial charge in [-0.2, -0.15) is 0 Å². The minimum absolute atomic E-state index is 0.225. The van der Waals surface area contributed by atoms with Crippen molar-refractivity contribution >= 4 is 22.6 Å². The summed E-state index contributed by atoms with van der Waals surface area (Å²) in [5.41, 5.74) is 2.04. The summed E-state index contributed by atoms with van der Waals surface area (Å²) >= 11 is 0. The van der Waals surface area contributed by atoms with Gasteiger partial charge in [0.05, 0.1) is 24.6 Å². The van der Waals surface area contributed by atoms with Gasteiger partial charge >= 0.3 is 6.09 Å². The van der Waals surface area contributed by atoms with Crippen molar-refractivity contribution in [3.63, 3.8) is 0 Å². The van der Waals surface area contributed by atoms with Gasteiger partial charge in [-0.25, -0.2) is 9.48 Å². The van der Waals surface area contributed by atoms with Crippen LogP contribution in [0.25, 0.3) is 22.0 Å². The summed E-state index contributed by atoms with van der Waals surface area (Å²) in [6.45, 7) is 6.46. The number of carbonyl (C=O) groups is 1. The van der Waals surface area contributed by atoms with Crippen LogP contribution in [-0.2, 0) is 19.0 Å². The lowest BCUT2D eigenvalue weighted by atomic mass is 9.86. The van der Waals surface area contributed by atoms with E-state index in [1.165, 1.54) is 0 Å². The second-order valence-electron chi connectivity index (χ2n) is 13.2. The molecular weight excluding hydrogens is 578 g/mol. The zero-order valence-corrected chi connectivity index (χ0v) is 26.3. The van der Waals surface area contributed by atoms with E-state index in [2.05, 4.69) is 33.7 Å². The van der Waals surface area contributed by atoms with E-state index >= 15 is 0 Å². The number of amides is 1. The van der Waals surface area contributed by atoms with Gasteiger partial charge in [0.2, 0.25) is 0 Å². The van der Waals surface area contributed by atoms with Gasteiger partial charge in [-0.1, -0.05) is 46.8 Å². The first-order valence-electron chi connectivity index (χ1n) is 15.7. The molecule has 12 heteroatoms. The zero-order chi connectivity index (χ0) is 31.7. The first kappa shape index (κ1) is 31.4. The Bertz CT molecular complexity index is 1510. The molecule has 0 saturated carbocycles. The van der Waals surface area contributed by atoms with Crippen molar-refractivity contribution in [3.05, 3.63) is 48.7 Å².